The molecule has 0 heterocycles. The van der Waals surface area contributed by atoms with Crippen LogP contribution in [0, 0.1) is 0 Å². The standard InChI is InChI=1S/C11H14ClN3O/c1-14-11(16)7-4-9(13)10(5-8(7)12)15-6-2-3-6/h4-6,15H,2-3,13H2,1H3,(H,14,16). The molecular formula is C11H14ClN3O. The molecule has 1 amide bonds. The first-order valence-electron chi connectivity index (χ1n) is 5.19. The fourth-order valence-electron chi connectivity index (χ4n) is 1.47. The van der Waals surface area contributed by atoms with Crippen molar-refractivity contribution < 1.29 is 4.79 Å². The predicted octanol–water partition coefficient (Wildman–Crippen LogP) is 1.86. The molecule has 0 saturated heterocycles. The minimum atomic E-state index is -0.227. The van der Waals surface area contributed by atoms with Crippen LogP contribution in [0.1, 0.15) is 23.2 Å². The summed E-state index contributed by atoms with van der Waals surface area (Å²) in [6.07, 6.45) is 2.32. The number of nitrogens with one attached hydrogen (secondary N) is 2. The van der Waals surface area contributed by atoms with Crippen molar-refractivity contribution in [1.82, 2.24) is 5.32 Å². The lowest BCUT2D eigenvalue weighted by Crippen LogP contribution is -2.18. The van der Waals surface area contributed by atoms with E-state index in [1.807, 2.05) is 0 Å². The van der Waals surface area contributed by atoms with Gasteiger partial charge in [0.05, 0.1) is 22.0 Å². The largest absolute Gasteiger partial charge is 0.397 e. The number of carbonyl (C=O) groups is 1. The molecule has 16 heavy (non-hydrogen) atoms. The average Bonchev–Trinajstić information content (AvgIpc) is 3.05. The molecule has 1 saturated carbocycles. The van der Waals surface area contributed by atoms with Gasteiger partial charge in [-0.3, -0.25) is 4.79 Å². The monoisotopic (exact) mass is 239 g/mol. The van der Waals surface area contributed by atoms with E-state index < -0.39 is 0 Å². The predicted molar refractivity (Wildman–Crippen MR) is 65.9 cm³/mol. The van der Waals surface area contributed by atoms with Crippen LogP contribution in [-0.2, 0) is 0 Å². The van der Waals surface area contributed by atoms with Crippen molar-refractivity contribution in [2.24, 2.45) is 0 Å². The summed E-state index contributed by atoms with van der Waals surface area (Å²) in [4.78, 5) is 11.5. The molecule has 2 rings (SSSR count). The van der Waals surface area contributed by atoms with Crippen molar-refractivity contribution >= 4 is 28.9 Å². The van der Waals surface area contributed by atoms with Crippen molar-refractivity contribution in [2.45, 2.75) is 18.9 Å². The zero-order chi connectivity index (χ0) is 11.7. The van der Waals surface area contributed by atoms with E-state index in [1.165, 1.54) is 0 Å². The summed E-state index contributed by atoms with van der Waals surface area (Å²) in [5.74, 6) is -0.227. The molecule has 0 radical (unpaired) electrons. The molecule has 4 nitrogen and oxygen atoms in total. The van der Waals surface area contributed by atoms with Gasteiger partial charge < -0.3 is 16.4 Å². The number of halogens is 1. The number of hydrogen-bond acceptors (Lipinski definition) is 3. The maximum Gasteiger partial charge on any atom is 0.252 e. The third kappa shape index (κ3) is 2.22. The smallest absolute Gasteiger partial charge is 0.252 e. The Morgan fingerprint density at radius 3 is 2.75 bits per heavy atom. The molecule has 5 heteroatoms. The molecular weight excluding hydrogens is 226 g/mol. The zero-order valence-corrected chi connectivity index (χ0v) is 9.77. The van der Waals surface area contributed by atoms with Gasteiger partial charge in [-0.25, -0.2) is 0 Å². The molecule has 1 aliphatic rings. The normalized spacial score (nSPS) is 14.6. The second-order valence-corrected chi connectivity index (χ2v) is 4.32. The third-order valence-electron chi connectivity index (χ3n) is 2.55. The maximum absolute atomic E-state index is 11.5. The highest BCUT2D eigenvalue weighted by molar-refractivity contribution is 6.34. The number of hydrogen-bond donors (Lipinski definition) is 3. The van der Waals surface area contributed by atoms with Gasteiger partial charge in [0.25, 0.3) is 5.91 Å². The van der Waals surface area contributed by atoms with Crippen LogP contribution >= 0.6 is 11.6 Å². The first kappa shape index (κ1) is 11.1. The quantitative estimate of drug-likeness (QED) is 0.706. The van der Waals surface area contributed by atoms with E-state index in [9.17, 15) is 4.79 Å². The second-order valence-electron chi connectivity index (χ2n) is 3.92. The number of rotatable bonds is 3. The Morgan fingerprint density at radius 1 is 1.50 bits per heavy atom. The second kappa shape index (κ2) is 4.22. The fraction of sp³-hybridized carbons (Fsp3) is 0.364. The highest BCUT2D eigenvalue weighted by Crippen LogP contribution is 2.32. The molecule has 1 aliphatic carbocycles. The number of amides is 1. The van der Waals surface area contributed by atoms with E-state index in [0.717, 1.165) is 18.5 Å². The van der Waals surface area contributed by atoms with E-state index in [1.54, 1.807) is 19.2 Å². The molecule has 0 aromatic heterocycles. The van der Waals surface area contributed by atoms with Gasteiger partial charge in [-0.15, -0.1) is 0 Å². The lowest BCUT2D eigenvalue weighted by molar-refractivity contribution is 0.0963. The van der Waals surface area contributed by atoms with Gasteiger partial charge in [0, 0.05) is 13.1 Å². The van der Waals surface area contributed by atoms with E-state index in [2.05, 4.69) is 10.6 Å². The van der Waals surface area contributed by atoms with Crippen LogP contribution in [0.3, 0.4) is 0 Å². The number of nitrogen functional groups attached to an aromatic ring is 1. The number of carbonyl (C=O) groups excluding carboxylic acids is 1. The van der Waals surface area contributed by atoms with Crippen LogP contribution in [-0.4, -0.2) is 19.0 Å². The molecule has 1 fully saturated rings. The highest BCUT2D eigenvalue weighted by Gasteiger charge is 2.22. The average molecular weight is 240 g/mol. The highest BCUT2D eigenvalue weighted by atomic mass is 35.5. The summed E-state index contributed by atoms with van der Waals surface area (Å²) < 4.78 is 0. The molecule has 4 N–H and O–H groups in total. The Morgan fingerprint density at radius 2 is 2.19 bits per heavy atom. The van der Waals surface area contributed by atoms with Gasteiger partial charge in [-0.05, 0) is 25.0 Å². The molecule has 86 valence electrons. The van der Waals surface area contributed by atoms with E-state index in [0.29, 0.717) is 22.3 Å². The number of anilines is 2. The van der Waals surface area contributed by atoms with Gasteiger partial charge in [-0.2, -0.15) is 0 Å². The molecule has 0 bridgehead atoms. The first-order chi connectivity index (χ1) is 7.61. The topological polar surface area (TPSA) is 67.2 Å². The van der Waals surface area contributed by atoms with Crippen molar-refractivity contribution in [3.63, 3.8) is 0 Å². The Labute approximate surface area is 99.2 Å². The lowest BCUT2D eigenvalue weighted by Gasteiger charge is -2.11. The Bertz CT molecular complexity index is 429. The molecule has 0 unspecified atom stereocenters. The van der Waals surface area contributed by atoms with Gasteiger partial charge >= 0.3 is 0 Å². The fourth-order valence-corrected chi connectivity index (χ4v) is 1.72. The van der Waals surface area contributed by atoms with Crippen molar-refractivity contribution in [3.8, 4) is 0 Å². The van der Waals surface area contributed by atoms with Crippen molar-refractivity contribution in [2.75, 3.05) is 18.1 Å². The van der Waals surface area contributed by atoms with E-state index >= 15 is 0 Å². The minimum Gasteiger partial charge on any atom is -0.397 e. The van der Waals surface area contributed by atoms with Crippen molar-refractivity contribution in [3.05, 3.63) is 22.7 Å². The van der Waals surface area contributed by atoms with Gasteiger partial charge in [0.1, 0.15) is 0 Å². The van der Waals surface area contributed by atoms with Crippen LogP contribution in [0.2, 0.25) is 5.02 Å². The third-order valence-corrected chi connectivity index (χ3v) is 2.86. The molecule has 0 atom stereocenters. The Balaban J connectivity index is 2.29. The number of benzene rings is 1. The summed E-state index contributed by atoms with van der Waals surface area (Å²) in [5, 5.41) is 6.20. The Hall–Kier alpha value is -1.42. The minimum absolute atomic E-state index is 0.227. The van der Waals surface area contributed by atoms with Crippen LogP contribution in [0.15, 0.2) is 12.1 Å². The van der Waals surface area contributed by atoms with E-state index in [4.69, 9.17) is 17.3 Å². The summed E-state index contributed by atoms with van der Waals surface area (Å²) in [6.45, 7) is 0. The van der Waals surface area contributed by atoms with Gasteiger partial charge in [0.15, 0.2) is 0 Å². The zero-order valence-electron chi connectivity index (χ0n) is 9.01. The SMILES string of the molecule is CNC(=O)c1cc(N)c(NC2CC2)cc1Cl. The van der Waals surface area contributed by atoms with Crippen LogP contribution in [0.5, 0.6) is 0 Å². The molecule has 0 aliphatic heterocycles. The van der Waals surface area contributed by atoms with Gasteiger partial charge in [0.2, 0.25) is 0 Å². The van der Waals surface area contributed by atoms with E-state index in [-0.39, 0.29) is 5.91 Å². The molecule has 1 aromatic rings. The molecule has 0 spiro atoms. The summed E-state index contributed by atoms with van der Waals surface area (Å²) >= 11 is 6.02. The summed E-state index contributed by atoms with van der Waals surface area (Å²) in [6, 6.07) is 3.82. The van der Waals surface area contributed by atoms with Crippen LogP contribution < -0.4 is 16.4 Å². The molecule has 1 aromatic carbocycles. The Kier molecular flexibility index (Phi) is 2.92. The number of nitrogens with two attached hydrogens (primary N) is 1. The lowest BCUT2D eigenvalue weighted by atomic mass is 10.1. The summed E-state index contributed by atoms with van der Waals surface area (Å²) in [5.41, 5.74) is 7.62. The summed E-state index contributed by atoms with van der Waals surface area (Å²) in [7, 11) is 1.56. The first-order valence-corrected chi connectivity index (χ1v) is 5.57. The van der Waals surface area contributed by atoms with Crippen molar-refractivity contribution in [1.29, 1.82) is 0 Å². The van der Waals surface area contributed by atoms with Crippen LogP contribution in [0.4, 0.5) is 11.4 Å². The maximum atomic E-state index is 11.5. The van der Waals surface area contributed by atoms with Crippen LogP contribution in [0.25, 0.3) is 0 Å². The van der Waals surface area contributed by atoms with Gasteiger partial charge in [-0.1, -0.05) is 11.6 Å².